The Balaban J connectivity index is 1.55. The summed E-state index contributed by atoms with van der Waals surface area (Å²) in [7, 11) is 0. The Bertz CT molecular complexity index is 786. The topological polar surface area (TPSA) is 77.7 Å². The van der Waals surface area contributed by atoms with Gasteiger partial charge in [-0.15, -0.1) is 10.2 Å². The first kappa shape index (κ1) is 16.1. The van der Waals surface area contributed by atoms with E-state index in [0.29, 0.717) is 38.0 Å². The van der Waals surface area contributed by atoms with Crippen molar-refractivity contribution >= 4 is 5.91 Å². The first-order valence-corrected chi connectivity index (χ1v) is 8.48. The Morgan fingerprint density at radius 1 is 1.20 bits per heavy atom. The zero-order valence-corrected chi connectivity index (χ0v) is 14.6. The van der Waals surface area contributed by atoms with E-state index in [1.54, 1.807) is 11.8 Å². The number of hydrogen-bond acceptors (Lipinski definition) is 6. The van der Waals surface area contributed by atoms with Crippen molar-refractivity contribution in [3.63, 3.8) is 0 Å². The molecule has 1 fully saturated rings. The van der Waals surface area contributed by atoms with Gasteiger partial charge in [0.25, 0.3) is 5.91 Å². The first-order chi connectivity index (χ1) is 12.0. The standard InChI is InChI=1S/C18H21N3O4/c1-10-6-13-8-16(25-15(13)7-11(10)2)18(22)21-4-5-23-9-14(21)17-20-19-12(3)24-17/h6-7,14,16H,4-5,8-9H2,1-3H3/t14-,16-/m0/s1. The maximum absolute atomic E-state index is 13.1. The summed E-state index contributed by atoms with van der Waals surface area (Å²) in [5.41, 5.74) is 3.46. The number of morpholine rings is 1. The van der Waals surface area contributed by atoms with Crippen LogP contribution in [0.4, 0.5) is 0 Å². The molecule has 2 aliphatic rings. The van der Waals surface area contributed by atoms with Crippen molar-refractivity contribution in [3.05, 3.63) is 40.6 Å². The molecule has 132 valence electrons. The molecule has 3 heterocycles. The molecule has 2 aliphatic heterocycles. The van der Waals surface area contributed by atoms with Gasteiger partial charge in [-0.05, 0) is 36.6 Å². The molecule has 1 amide bonds. The van der Waals surface area contributed by atoms with Gasteiger partial charge in [-0.25, -0.2) is 0 Å². The second-order valence-corrected chi connectivity index (χ2v) is 6.64. The van der Waals surface area contributed by atoms with Crippen LogP contribution < -0.4 is 4.74 Å². The van der Waals surface area contributed by atoms with Crippen LogP contribution in [0.2, 0.25) is 0 Å². The Kier molecular flexibility index (Phi) is 3.95. The second kappa shape index (κ2) is 6.15. The van der Waals surface area contributed by atoms with Gasteiger partial charge in [0.1, 0.15) is 11.8 Å². The van der Waals surface area contributed by atoms with Crippen LogP contribution in [-0.4, -0.2) is 46.9 Å². The highest BCUT2D eigenvalue weighted by atomic mass is 16.5. The molecule has 2 aromatic rings. The van der Waals surface area contributed by atoms with Crippen LogP contribution in [0.15, 0.2) is 16.5 Å². The lowest BCUT2D eigenvalue weighted by Crippen LogP contribution is -2.49. The molecular weight excluding hydrogens is 322 g/mol. The molecule has 2 atom stereocenters. The van der Waals surface area contributed by atoms with Crippen molar-refractivity contribution < 1.29 is 18.7 Å². The van der Waals surface area contributed by atoms with Crippen LogP contribution in [0, 0.1) is 20.8 Å². The summed E-state index contributed by atoms with van der Waals surface area (Å²) in [6.45, 7) is 7.18. The van der Waals surface area contributed by atoms with Gasteiger partial charge in [-0.3, -0.25) is 4.79 Å². The third-order valence-electron chi connectivity index (χ3n) is 4.87. The van der Waals surface area contributed by atoms with E-state index in [-0.39, 0.29) is 11.9 Å². The smallest absolute Gasteiger partial charge is 0.264 e. The van der Waals surface area contributed by atoms with Gasteiger partial charge in [0.05, 0.1) is 13.2 Å². The van der Waals surface area contributed by atoms with E-state index in [0.717, 1.165) is 16.9 Å². The molecule has 4 rings (SSSR count). The molecule has 1 saturated heterocycles. The average Bonchev–Trinajstić information content (AvgIpc) is 3.21. The molecule has 7 heteroatoms. The predicted molar refractivity (Wildman–Crippen MR) is 88.3 cm³/mol. The van der Waals surface area contributed by atoms with E-state index in [2.05, 4.69) is 23.2 Å². The maximum atomic E-state index is 13.1. The summed E-state index contributed by atoms with van der Waals surface area (Å²) < 4.78 is 17.0. The van der Waals surface area contributed by atoms with E-state index < -0.39 is 6.10 Å². The predicted octanol–water partition coefficient (Wildman–Crippen LogP) is 1.90. The van der Waals surface area contributed by atoms with Crippen LogP contribution in [0.3, 0.4) is 0 Å². The molecule has 7 nitrogen and oxygen atoms in total. The number of ether oxygens (including phenoxy) is 2. The molecule has 0 aliphatic carbocycles. The number of aromatic nitrogens is 2. The summed E-state index contributed by atoms with van der Waals surface area (Å²) in [6.07, 6.45) is 0.0724. The van der Waals surface area contributed by atoms with Gasteiger partial charge in [0.2, 0.25) is 11.8 Å². The molecule has 0 bridgehead atoms. The minimum absolute atomic E-state index is 0.0596. The summed E-state index contributed by atoms with van der Waals surface area (Å²) in [4.78, 5) is 14.8. The lowest BCUT2D eigenvalue weighted by Gasteiger charge is -2.34. The third kappa shape index (κ3) is 2.89. The summed E-state index contributed by atoms with van der Waals surface area (Å²) >= 11 is 0. The maximum Gasteiger partial charge on any atom is 0.264 e. The lowest BCUT2D eigenvalue weighted by molar-refractivity contribution is -0.148. The van der Waals surface area contributed by atoms with Crippen molar-refractivity contribution in [2.45, 2.75) is 39.3 Å². The fourth-order valence-corrected chi connectivity index (χ4v) is 3.35. The number of amides is 1. The van der Waals surface area contributed by atoms with Crippen LogP contribution in [0.25, 0.3) is 0 Å². The fourth-order valence-electron chi connectivity index (χ4n) is 3.35. The molecule has 0 radical (unpaired) electrons. The second-order valence-electron chi connectivity index (χ2n) is 6.64. The molecule has 0 N–H and O–H groups in total. The lowest BCUT2D eigenvalue weighted by atomic mass is 10.0. The highest BCUT2D eigenvalue weighted by molar-refractivity contribution is 5.83. The minimum atomic E-state index is -0.513. The van der Waals surface area contributed by atoms with Crippen molar-refractivity contribution in [2.24, 2.45) is 0 Å². The number of benzene rings is 1. The zero-order chi connectivity index (χ0) is 17.6. The first-order valence-electron chi connectivity index (χ1n) is 8.48. The largest absolute Gasteiger partial charge is 0.480 e. The SMILES string of the molecule is Cc1nnc([C@@H]2COCCN2C(=O)[C@@H]2Cc3cc(C)c(C)cc3O2)o1. The number of nitrogens with zero attached hydrogens (tertiary/aromatic N) is 3. The van der Waals surface area contributed by atoms with Gasteiger partial charge in [0, 0.05) is 19.9 Å². The number of fused-ring (bicyclic) bond motifs is 1. The zero-order valence-electron chi connectivity index (χ0n) is 14.6. The molecule has 1 aromatic carbocycles. The van der Waals surface area contributed by atoms with E-state index in [9.17, 15) is 4.79 Å². The van der Waals surface area contributed by atoms with Crippen LogP contribution in [0.5, 0.6) is 5.75 Å². The van der Waals surface area contributed by atoms with Crippen molar-refractivity contribution in [2.75, 3.05) is 19.8 Å². The van der Waals surface area contributed by atoms with E-state index in [1.807, 2.05) is 13.0 Å². The quantitative estimate of drug-likeness (QED) is 0.829. The summed E-state index contributed by atoms with van der Waals surface area (Å²) in [5, 5.41) is 7.92. The number of carbonyl (C=O) groups excluding carboxylic acids is 1. The third-order valence-corrected chi connectivity index (χ3v) is 4.87. The molecule has 0 spiro atoms. The van der Waals surface area contributed by atoms with Gasteiger partial charge in [0.15, 0.2) is 6.10 Å². The van der Waals surface area contributed by atoms with Crippen LogP contribution >= 0.6 is 0 Å². The molecule has 1 aromatic heterocycles. The summed E-state index contributed by atoms with van der Waals surface area (Å²) in [6, 6.07) is 3.75. The van der Waals surface area contributed by atoms with Crippen molar-refractivity contribution in [1.82, 2.24) is 15.1 Å². The molecular formula is C18H21N3O4. The fraction of sp³-hybridized carbons (Fsp3) is 0.500. The highest BCUT2D eigenvalue weighted by Gasteiger charge is 2.39. The Hall–Kier alpha value is -2.41. The minimum Gasteiger partial charge on any atom is -0.480 e. The van der Waals surface area contributed by atoms with Gasteiger partial charge in [-0.1, -0.05) is 6.07 Å². The van der Waals surface area contributed by atoms with Crippen molar-refractivity contribution in [3.8, 4) is 5.75 Å². The number of aryl methyl sites for hydroxylation is 3. The Morgan fingerprint density at radius 3 is 2.76 bits per heavy atom. The molecule has 0 saturated carbocycles. The van der Waals surface area contributed by atoms with E-state index >= 15 is 0 Å². The monoisotopic (exact) mass is 343 g/mol. The summed E-state index contributed by atoms with van der Waals surface area (Å²) in [5.74, 6) is 1.63. The van der Waals surface area contributed by atoms with Crippen LogP contribution in [-0.2, 0) is 16.0 Å². The normalized spacial score (nSPS) is 22.6. The number of hydrogen-bond donors (Lipinski definition) is 0. The average molecular weight is 343 g/mol. The van der Waals surface area contributed by atoms with Gasteiger partial charge >= 0.3 is 0 Å². The van der Waals surface area contributed by atoms with E-state index in [1.165, 1.54) is 5.56 Å². The van der Waals surface area contributed by atoms with Crippen LogP contribution in [0.1, 0.15) is 34.5 Å². The number of carbonyl (C=O) groups is 1. The van der Waals surface area contributed by atoms with Gasteiger partial charge < -0.3 is 18.8 Å². The Morgan fingerprint density at radius 2 is 2.00 bits per heavy atom. The van der Waals surface area contributed by atoms with Gasteiger partial charge in [-0.2, -0.15) is 0 Å². The Labute approximate surface area is 145 Å². The molecule has 0 unspecified atom stereocenters. The van der Waals surface area contributed by atoms with E-state index in [4.69, 9.17) is 13.9 Å². The van der Waals surface area contributed by atoms with Crippen molar-refractivity contribution in [1.29, 1.82) is 0 Å². The number of rotatable bonds is 2. The molecule has 25 heavy (non-hydrogen) atoms. The highest BCUT2D eigenvalue weighted by Crippen LogP contribution is 2.33.